The number of rotatable bonds is 4. The molecule has 1 saturated heterocycles. The molecule has 0 amide bonds. The molecule has 7 heteroatoms. The van der Waals surface area contributed by atoms with Gasteiger partial charge in [-0.05, 0) is 42.3 Å². The zero-order valence-electron chi connectivity index (χ0n) is 16.3. The van der Waals surface area contributed by atoms with Crippen LogP contribution < -0.4 is 10.2 Å². The number of thiophene rings is 1. The molecular formula is C22H24FN5S. The van der Waals surface area contributed by atoms with Gasteiger partial charge in [0.2, 0.25) is 0 Å². The van der Waals surface area contributed by atoms with Crippen molar-refractivity contribution in [3.8, 4) is 0 Å². The van der Waals surface area contributed by atoms with Crippen molar-refractivity contribution in [1.29, 1.82) is 0 Å². The highest BCUT2D eigenvalue weighted by Crippen LogP contribution is 2.36. The zero-order chi connectivity index (χ0) is 19.6. The Kier molecular flexibility index (Phi) is 5.26. The third-order valence-electron chi connectivity index (χ3n) is 5.66. The average Bonchev–Trinajstić information content (AvgIpc) is 3.21. The summed E-state index contributed by atoms with van der Waals surface area (Å²) in [5.41, 5.74) is 3.62. The van der Waals surface area contributed by atoms with Crippen LogP contribution in [0.1, 0.15) is 16.9 Å². The van der Waals surface area contributed by atoms with Crippen LogP contribution in [0.3, 0.4) is 0 Å². The number of nitrogens with one attached hydrogen (secondary N) is 1. The quantitative estimate of drug-likeness (QED) is 0.714. The fraction of sp³-hybridized carbons (Fsp3) is 0.364. The van der Waals surface area contributed by atoms with Crippen molar-refractivity contribution in [3.05, 3.63) is 59.0 Å². The van der Waals surface area contributed by atoms with E-state index < -0.39 is 0 Å². The maximum atomic E-state index is 13.1. The molecule has 0 atom stereocenters. The van der Waals surface area contributed by atoms with Crippen LogP contribution in [0.5, 0.6) is 0 Å². The van der Waals surface area contributed by atoms with Crippen LogP contribution in [-0.2, 0) is 6.54 Å². The molecule has 1 aromatic carbocycles. The Bertz CT molecular complexity index is 1020. The van der Waals surface area contributed by atoms with Gasteiger partial charge in [-0.25, -0.2) is 14.4 Å². The number of benzene rings is 1. The first-order chi connectivity index (χ1) is 14.3. The first kappa shape index (κ1) is 18.7. The lowest BCUT2D eigenvalue weighted by molar-refractivity contribution is 0.249. The van der Waals surface area contributed by atoms with Crippen LogP contribution in [-0.4, -0.2) is 54.1 Å². The molecule has 3 aromatic rings. The second-order valence-corrected chi connectivity index (χ2v) is 8.65. The third kappa shape index (κ3) is 4.03. The minimum atomic E-state index is -0.179. The molecule has 2 aromatic heterocycles. The van der Waals surface area contributed by atoms with Gasteiger partial charge in [-0.2, -0.15) is 0 Å². The van der Waals surface area contributed by atoms with Crippen LogP contribution in [0.4, 0.5) is 10.2 Å². The van der Waals surface area contributed by atoms with Gasteiger partial charge in [-0.15, -0.1) is 11.3 Å². The van der Waals surface area contributed by atoms with Gasteiger partial charge >= 0.3 is 0 Å². The van der Waals surface area contributed by atoms with Crippen LogP contribution in [0.2, 0.25) is 0 Å². The van der Waals surface area contributed by atoms with E-state index in [4.69, 9.17) is 0 Å². The van der Waals surface area contributed by atoms with Crippen LogP contribution in [0.25, 0.3) is 15.8 Å². The highest BCUT2D eigenvalue weighted by atomic mass is 32.1. The Morgan fingerprint density at radius 1 is 1.07 bits per heavy atom. The van der Waals surface area contributed by atoms with E-state index in [-0.39, 0.29) is 5.82 Å². The first-order valence-corrected chi connectivity index (χ1v) is 10.9. The number of piperazine rings is 1. The molecule has 150 valence electrons. The molecular weight excluding hydrogens is 385 g/mol. The first-order valence-electron chi connectivity index (χ1n) is 10.1. The molecule has 0 spiro atoms. The summed E-state index contributed by atoms with van der Waals surface area (Å²) in [4.78, 5) is 15.3. The van der Waals surface area contributed by atoms with Gasteiger partial charge in [0.1, 0.15) is 18.0 Å². The molecule has 0 unspecified atom stereocenters. The summed E-state index contributed by atoms with van der Waals surface area (Å²) in [6.45, 7) is 6.65. The van der Waals surface area contributed by atoms with E-state index in [1.54, 1.807) is 6.33 Å². The van der Waals surface area contributed by atoms with E-state index >= 15 is 0 Å². The average molecular weight is 410 g/mol. The maximum absolute atomic E-state index is 13.1. The van der Waals surface area contributed by atoms with Crippen molar-refractivity contribution >= 4 is 32.9 Å². The van der Waals surface area contributed by atoms with Gasteiger partial charge in [0.25, 0.3) is 0 Å². The highest BCUT2D eigenvalue weighted by molar-refractivity contribution is 7.20. The van der Waals surface area contributed by atoms with Crippen molar-refractivity contribution < 1.29 is 4.39 Å². The van der Waals surface area contributed by atoms with Gasteiger partial charge in [0.15, 0.2) is 0 Å². The SMILES string of the molecule is Fc1ccc(CN2CCN(c3ncnc4cc(C5=CCNCC5)sc34)CC2)cc1. The van der Waals surface area contributed by atoms with E-state index in [0.29, 0.717) is 0 Å². The topological polar surface area (TPSA) is 44.3 Å². The number of hydrogen-bond acceptors (Lipinski definition) is 6. The van der Waals surface area contributed by atoms with E-state index in [9.17, 15) is 4.39 Å². The van der Waals surface area contributed by atoms with E-state index in [1.165, 1.54) is 27.3 Å². The number of anilines is 1. The van der Waals surface area contributed by atoms with Gasteiger partial charge in [0, 0.05) is 44.1 Å². The van der Waals surface area contributed by atoms with E-state index in [0.717, 1.165) is 69.1 Å². The summed E-state index contributed by atoms with van der Waals surface area (Å²) in [6.07, 6.45) is 5.04. The van der Waals surface area contributed by atoms with Crippen molar-refractivity contribution in [1.82, 2.24) is 20.2 Å². The third-order valence-corrected chi connectivity index (χ3v) is 6.86. The number of nitrogens with zero attached hydrogens (tertiary/aromatic N) is 4. The van der Waals surface area contributed by atoms with Gasteiger partial charge in [0.05, 0.1) is 10.2 Å². The lowest BCUT2D eigenvalue weighted by Crippen LogP contribution is -2.46. The Morgan fingerprint density at radius 2 is 1.90 bits per heavy atom. The van der Waals surface area contributed by atoms with E-state index in [2.05, 4.69) is 37.2 Å². The summed E-state index contributed by atoms with van der Waals surface area (Å²) in [5, 5.41) is 3.37. The van der Waals surface area contributed by atoms with Crippen molar-refractivity contribution in [2.75, 3.05) is 44.2 Å². The monoisotopic (exact) mass is 409 g/mol. The highest BCUT2D eigenvalue weighted by Gasteiger charge is 2.22. The van der Waals surface area contributed by atoms with Crippen LogP contribution >= 0.6 is 11.3 Å². The zero-order valence-corrected chi connectivity index (χ0v) is 17.1. The molecule has 2 aliphatic rings. The number of hydrogen-bond donors (Lipinski definition) is 1. The lowest BCUT2D eigenvalue weighted by atomic mass is 10.1. The molecule has 5 nitrogen and oxygen atoms in total. The number of halogens is 1. The normalized spacial score (nSPS) is 18.2. The predicted molar refractivity (Wildman–Crippen MR) is 117 cm³/mol. The minimum Gasteiger partial charge on any atom is -0.353 e. The Balaban J connectivity index is 1.30. The van der Waals surface area contributed by atoms with Gasteiger partial charge in [-0.1, -0.05) is 18.2 Å². The van der Waals surface area contributed by atoms with Crippen LogP contribution in [0.15, 0.2) is 42.7 Å². The standard InChI is InChI=1S/C22H24FN5S/c23-18-3-1-16(2-4-18)14-27-9-11-28(12-10-27)22-21-19(25-15-26-22)13-20(29-21)17-5-7-24-8-6-17/h1-5,13,15,24H,6-12,14H2. The molecule has 0 aliphatic carbocycles. The molecule has 0 saturated carbocycles. The second kappa shape index (κ2) is 8.18. The molecule has 1 fully saturated rings. The minimum absolute atomic E-state index is 0.179. The fourth-order valence-electron chi connectivity index (χ4n) is 4.04. The molecule has 29 heavy (non-hydrogen) atoms. The molecule has 4 heterocycles. The molecule has 1 N–H and O–H groups in total. The van der Waals surface area contributed by atoms with Crippen molar-refractivity contribution in [2.24, 2.45) is 0 Å². The Hall–Kier alpha value is -2.35. The summed E-state index contributed by atoms with van der Waals surface area (Å²) >= 11 is 1.82. The summed E-state index contributed by atoms with van der Waals surface area (Å²) < 4.78 is 14.3. The summed E-state index contributed by atoms with van der Waals surface area (Å²) in [5.74, 6) is 0.879. The molecule has 0 bridgehead atoms. The molecule has 5 rings (SSSR count). The van der Waals surface area contributed by atoms with Crippen molar-refractivity contribution in [2.45, 2.75) is 13.0 Å². The summed E-state index contributed by atoms with van der Waals surface area (Å²) in [6, 6.07) is 9.04. The Labute approximate surface area is 173 Å². The maximum Gasteiger partial charge on any atom is 0.150 e. The Morgan fingerprint density at radius 3 is 2.66 bits per heavy atom. The number of fused-ring (bicyclic) bond motifs is 1. The summed E-state index contributed by atoms with van der Waals surface area (Å²) in [7, 11) is 0. The van der Waals surface area contributed by atoms with Crippen LogP contribution in [0, 0.1) is 5.82 Å². The fourth-order valence-corrected chi connectivity index (χ4v) is 5.23. The lowest BCUT2D eigenvalue weighted by Gasteiger charge is -2.35. The molecule has 0 radical (unpaired) electrons. The largest absolute Gasteiger partial charge is 0.353 e. The van der Waals surface area contributed by atoms with Gasteiger partial charge < -0.3 is 10.2 Å². The molecule has 2 aliphatic heterocycles. The number of aromatic nitrogens is 2. The van der Waals surface area contributed by atoms with Gasteiger partial charge in [-0.3, -0.25) is 4.90 Å². The van der Waals surface area contributed by atoms with E-state index in [1.807, 2.05) is 23.5 Å². The predicted octanol–water partition coefficient (Wildman–Crippen LogP) is 3.53. The second-order valence-electron chi connectivity index (χ2n) is 7.60. The smallest absolute Gasteiger partial charge is 0.150 e. The van der Waals surface area contributed by atoms with Crippen molar-refractivity contribution in [3.63, 3.8) is 0 Å².